The Labute approximate surface area is 110 Å². The monoisotopic (exact) mass is 271 g/mol. The van der Waals surface area contributed by atoms with E-state index >= 15 is 0 Å². The van der Waals surface area contributed by atoms with Gasteiger partial charge in [0.15, 0.2) is 0 Å². The molecule has 1 atom stereocenters. The predicted molar refractivity (Wildman–Crippen MR) is 71.5 cm³/mol. The van der Waals surface area contributed by atoms with Gasteiger partial charge in [-0.15, -0.1) is 0 Å². The first-order chi connectivity index (χ1) is 8.09. The van der Waals surface area contributed by atoms with Crippen LogP contribution in [0.2, 0.25) is 5.15 Å². The van der Waals surface area contributed by atoms with Crippen molar-refractivity contribution in [3.63, 3.8) is 0 Å². The molecule has 2 heterocycles. The highest BCUT2D eigenvalue weighted by Crippen LogP contribution is 2.22. The van der Waals surface area contributed by atoms with Gasteiger partial charge in [0.25, 0.3) is 5.91 Å². The normalized spacial score (nSPS) is 20.4. The number of carbonyl (C=O) groups excluding carboxylic acids is 1. The number of nitrogen functional groups attached to an aromatic ring is 1. The van der Waals surface area contributed by atoms with E-state index in [0.717, 1.165) is 18.1 Å². The number of thioether (sulfide) groups is 1. The summed E-state index contributed by atoms with van der Waals surface area (Å²) in [7, 11) is 0. The Kier molecular flexibility index (Phi) is 3.79. The van der Waals surface area contributed by atoms with Crippen molar-refractivity contribution in [3.8, 4) is 0 Å². The average molecular weight is 272 g/mol. The summed E-state index contributed by atoms with van der Waals surface area (Å²) in [6, 6.07) is 1.76. The van der Waals surface area contributed by atoms with Crippen molar-refractivity contribution in [2.75, 3.05) is 23.8 Å². The minimum Gasteiger partial charge on any atom is -0.397 e. The van der Waals surface area contributed by atoms with Crippen molar-refractivity contribution >= 4 is 35.0 Å². The zero-order valence-corrected chi connectivity index (χ0v) is 11.1. The number of hydrogen-bond acceptors (Lipinski definition) is 4. The highest BCUT2D eigenvalue weighted by Gasteiger charge is 2.25. The highest BCUT2D eigenvalue weighted by molar-refractivity contribution is 7.99. The van der Waals surface area contributed by atoms with Crippen molar-refractivity contribution < 1.29 is 4.79 Å². The number of hydrogen-bond donors (Lipinski definition) is 1. The first kappa shape index (κ1) is 12.5. The van der Waals surface area contributed by atoms with Crippen LogP contribution in [0.15, 0.2) is 12.3 Å². The molecule has 1 fully saturated rings. The molecule has 1 aromatic rings. The van der Waals surface area contributed by atoms with Crippen LogP contribution in [0.25, 0.3) is 0 Å². The van der Waals surface area contributed by atoms with Gasteiger partial charge >= 0.3 is 0 Å². The molecular formula is C11H14ClN3OS. The fourth-order valence-electron chi connectivity index (χ4n) is 1.81. The Bertz CT molecular complexity index is 441. The molecule has 0 aromatic carbocycles. The second kappa shape index (κ2) is 5.14. The number of aromatic nitrogens is 1. The number of carbonyl (C=O) groups is 1. The standard InChI is InChI=1S/C11H14ClN3OS/c1-7-6-17-3-2-15(7)11(16)8-4-10(12)14-5-9(8)13/h4-5,7H,2-3,6,13H2,1H3. The summed E-state index contributed by atoms with van der Waals surface area (Å²) in [5.41, 5.74) is 6.60. The van der Waals surface area contributed by atoms with Gasteiger partial charge in [0.1, 0.15) is 5.15 Å². The molecule has 0 saturated carbocycles. The predicted octanol–water partition coefficient (Wildman–Crippen LogP) is 1.89. The van der Waals surface area contributed by atoms with E-state index in [1.807, 2.05) is 23.6 Å². The van der Waals surface area contributed by atoms with Crippen LogP contribution in [0.1, 0.15) is 17.3 Å². The van der Waals surface area contributed by atoms with E-state index in [-0.39, 0.29) is 11.9 Å². The lowest BCUT2D eigenvalue weighted by molar-refractivity contribution is 0.0717. The Balaban J connectivity index is 2.26. The van der Waals surface area contributed by atoms with E-state index in [1.54, 1.807) is 0 Å². The molecule has 0 bridgehead atoms. The van der Waals surface area contributed by atoms with E-state index in [9.17, 15) is 4.79 Å². The lowest BCUT2D eigenvalue weighted by atomic mass is 10.1. The summed E-state index contributed by atoms with van der Waals surface area (Å²) in [5.74, 6) is 1.87. The number of pyridine rings is 1. The Hall–Kier alpha value is -0.940. The first-order valence-electron chi connectivity index (χ1n) is 5.39. The number of rotatable bonds is 1. The van der Waals surface area contributed by atoms with Crippen molar-refractivity contribution in [3.05, 3.63) is 23.0 Å². The van der Waals surface area contributed by atoms with Crippen LogP contribution < -0.4 is 5.73 Å². The summed E-state index contributed by atoms with van der Waals surface area (Å²) in [6.45, 7) is 2.80. The SMILES string of the molecule is CC1CSCCN1C(=O)c1cc(Cl)ncc1N. The fraction of sp³-hybridized carbons (Fsp3) is 0.455. The molecule has 0 spiro atoms. The molecular weight excluding hydrogens is 258 g/mol. The quantitative estimate of drug-likeness (QED) is 0.793. The van der Waals surface area contributed by atoms with Crippen LogP contribution in [-0.4, -0.2) is 39.9 Å². The third kappa shape index (κ3) is 2.66. The number of amides is 1. The zero-order chi connectivity index (χ0) is 12.4. The van der Waals surface area contributed by atoms with Crippen molar-refractivity contribution in [1.29, 1.82) is 0 Å². The molecule has 1 aromatic heterocycles. The Morgan fingerprint density at radius 2 is 2.47 bits per heavy atom. The molecule has 92 valence electrons. The Morgan fingerprint density at radius 3 is 3.18 bits per heavy atom. The minimum absolute atomic E-state index is 0.0559. The molecule has 0 aliphatic carbocycles. The molecule has 1 aliphatic heterocycles. The van der Waals surface area contributed by atoms with Gasteiger partial charge in [0.2, 0.25) is 0 Å². The maximum atomic E-state index is 12.3. The molecule has 1 amide bonds. The molecule has 1 saturated heterocycles. The van der Waals surface area contributed by atoms with Gasteiger partial charge in [0.05, 0.1) is 17.4 Å². The maximum Gasteiger partial charge on any atom is 0.256 e. The van der Waals surface area contributed by atoms with Crippen molar-refractivity contribution in [1.82, 2.24) is 9.88 Å². The van der Waals surface area contributed by atoms with Gasteiger partial charge in [-0.2, -0.15) is 11.8 Å². The topological polar surface area (TPSA) is 59.2 Å². The van der Waals surface area contributed by atoms with E-state index in [0.29, 0.717) is 16.4 Å². The summed E-state index contributed by atoms with van der Waals surface area (Å²) in [6.07, 6.45) is 1.43. The first-order valence-corrected chi connectivity index (χ1v) is 6.92. The van der Waals surface area contributed by atoms with Gasteiger partial charge in [-0.05, 0) is 13.0 Å². The van der Waals surface area contributed by atoms with Crippen molar-refractivity contribution in [2.24, 2.45) is 0 Å². The van der Waals surface area contributed by atoms with E-state index in [1.165, 1.54) is 12.3 Å². The lowest BCUT2D eigenvalue weighted by Gasteiger charge is -2.33. The number of halogens is 1. The van der Waals surface area contributed by atoms with Crippen LogP contribution in [-0.2, 0) is 0 Å². The van der Waals surface area contributed by atoms with Crippen LogP contribution >= 0.6 is 23.4 Å². The van der Waals surface area contributed by atoms with E-state index < -0.39 is 0 Å². The van der Waals surface area contributed by atoms with Crippen molar-refractivity contribution in [2.45, 2.75) is 13.0 Å². The minimum atomic E-state index is -0.0559. The summed E-state index contributed by atoms with van der Waals surface area (Å²) in [5, 5.41) is 0.293. The molecule has 6 heteroatoms. The number of nitrogens with zero attached hydrogens (tertiary/aromatic N) is 2. The second-order valence-electron chi connectivity index (χ2n) is 4.02. The molecule has 1 unspecified atom stereocenters. The average Bonchev–Trinajstić information content (AvgIpc) is 2.32. The second-order valence-corrected chi connectivity index (χ2v) is 5.55. The van der Waals surface area contributed by atoms with Crippen LogP contribution in [0.3, 0.4) is 0 Å². The molecule has 1 aliphatic rings. The highest BCUT2D eigenvalue weighted by atomic mass is 35.5. The molecule has 2 rings (SSSR count). The fourth-order valence-corrected chi connectivity index (χ4v) is 2.98. The zero-order valence-electron chi connectivity index (χ0n) is 9.52. The van der Waals surface area contributed by atoms with Gasteiger partial charge in [0, 0.05) is 24.1 Å². The summed E-state index contributed by atoms with van der Waals surface area (Å²) >= 11 is 7.66. The smallest absolute Gasteiger partial charge is 0.256 e. The van der Waals surface area contributed by atoms with Gasteiger partial charge < -0.3 is 10.6 Å². The Morgan fingerprint density at radius 1 is 1.71 bits per heavy atom. The van der Waals surface area contributed by atoms with Gasteiger partial charge in [-0.1, -0.05) is 11.6 Å². The maximum absolute atomic E-state index is 12.3. The number of nitrogens with two attached hydrogens (primary N) is 1. The molecule has 0 radical (unpaired) electrons. The molecule has 2 N–H and O–H groups in total. The summed E-state index contributed by atoms with van der Waals surface area (Å²) < 4.78 is 0. The van der Waals surface area contributed by atoms with Crippen LogP contribution in [0.4, 0.5) is 5.69 Å². The largest absolute Gasteiger partial charge is 0.397 e. The van der Waals surface area contributed by atoms with Crippen LogP contribution in [0, 0.1) is 0 Å². The van der Waals surface area contributed by atoms with E-state index in [4.69, 9.17) is 17.3 Å². The van der Waals surface area contributed by atoms with Crippen LogP contribution in [0.5, 0.6) is 0 Å². The molecule has 17 heavy (non-hydrogen) atoms. The van der Waals surface area contributed by atoms with Gasteiger partial charge in [-0.3, -0.25) is 4.79 Å². The third-order valence-electron chi connectivity index (χ3n) is 2.76. The lowest BCUT2D eigenvalue weighted by Crippen LogP contribution is -2.44. The summed E-state index contributed by atoms with van der Waals surface area (Å²) in [4.78, 5) is 18.0. The number of anilines is 1. The third-order valence-corrected chi connectivity index (χ3v) is 4.16. The van der Waals surface area contributed by atoms with E-state index in [2.05, 4.69) is 4.98 Å². The molecule has 4 nitrogen and oxygen atoms in total. The van der Waals surface area contributed by atoms with Gasteiger partial charge in [-0.25, -0.2) is 4.98 Å².